The zero-order valence-electron chi connectivity index (χ0n) is 4.86. The summed E-state index contributed by atoms with van der Waals surface area (Å²) in [5.74, 6) is 0. The van der Waals surface area contributed by atoms with Gasteiger partial charge in [0.2, 0.25) is 0 Å². The second-order valence-corrected chi connectivity index (χ2v) is 2.05. The van der Waals surface area contributed by atoms with Crippen LogP contribution in [0.2, 0.25) is 0 Å². The number of rotatable bonds is 3. The van der Waals surface area contributed by atoms with Crippen LogP contribution in [-0.2, 0) is 3.07 Å². The van der Waals surface area contributed by atoms with E-state index in [4.69, 9.17) is 8.80 Å². The van der Waals surface area contributed by atoms with Gasteiger partial charge in [0, 0.05) is 12.1 Å². The van der Waals surface area contributed by atoms with Crippen LogP contribution < -0.4 is 5.73 Å². The third-order valence-electron chi connectivity index (χ3n) is 0.839. The first kappa shape index (κ1) is 8.23. The maximum Gasteiger partial charge on any atom is 0.109 e. The van der Waals surface area contributed by atoms with Crippen molar-refractivity contribution in [3.8, 4) is 0 Å². The molecule has 0 aromatic heterocycles. The van der Waals surface area contributed by atoms with E-state index in [1.54, 1.807) is 0 Å². The minimum atomic E-state index is 0.705. The summed E-state index contributed by atoms with van der Waals surface area (Å²) in [6.45, 7) is 2.62. The lowest BCUT2D eigenvalue weighted by Gasteiger charge is -1.94. The van der Waals surface area contributed by atoms with Crippen molar-refractivity contribution < 1.29 is 3.07 Å². The van der Waals surface area contributed by atoms with Crippen LogP contribution >= 0.6 is 23.0 Å². The van der Waals surface area contributed by atoms with Gasteiger partial charge in [-0.3, -0.25) is 0 Å². The number of hydrogen-bond acceptors (Lipinski definition) is 2. The molecule has 0 rings (SSSR count). The Balaban J connectivity index is 3.12. The molecule has 2 nitrogen and oxygen atoms in total. The van der Waals surface area contributed by atoms with E-state index in [0.29, 0.717) is 6.61 Å². The summed E-state index contributed by atoms with van der Waals surface area (Å²) < 4.78 is 4.76. The van der Waals surface area contributed by atoms with E-state index in [2.05, 4.69) is 0 Å². The molecule has 2 N–H and O–H groups in total. The average Bonchev–Trinajstić information content (AvgIpc) is 1.83. The van der Waals surface area contributed by atoms with E-state index in [1.807, 2.05) is 36.0 Å². The van der Waals surface area contributed by atoms with Gasteiger partial charge in [-0.05, 0) is 6.92 Å². The number of allylic oxidation sites excluding steroid dienone is 1. The quantitative estimate of drug-likeness (QED) is 0.743. The number of halogens is 1. The van der Waals surface area contributed by atoms with E-state index in [0.717, 1.165) is 12.1 Å². The summed E-state index contributed by atoms with van der Waals surface area (Å²) in [5.41, 5.74) is 6.33. The maximum atomic E-state index is 5.44. The lowest BCUT2D eigenvalue weighted by atomic mass is 10.3. The minimum absolute atomic E-state index is 0.705. The third-order valence-corrected chi connectivity index (χ3v) is 1.28. The minimum Gasteiger partial charge on any atom is -0.402 e. The zero-order valence-corrected chi connectivity index (χ0v) is 7.01. The lowest BCUT2D eigenvalue weighted by Crippen LogP contribution is -1.98. The largest absolute Gasteiger partial charge is 0.402 e. The predicted octanol–water partition coefficient (Wildman–Crippen LogP) is 1.61. The molecule has 0 bridgehead atoms. The van der Waals surface area contributed by atoms with Crippen molar-refractivity contribution >= 4 is 23.0 Å². The lowest BCUT2D eigenvalue weighted by molar-refractivity contribution is 0.430. The highest BCUT2D eigenvalue weighted by molar-refractivity contribution is 14.1. The molecule has 0 aliphatic carbocycles. The first-order valence-corrected chi connectivity index (χ1v) is 3.33. The molecule has 0 saturated heterocycles. The average molecular weight is 227 g/mol. The van der Waals surface area contributed by atoms with E-state index in [1.165, 1.54) is 0 Å². The molecule has 0 heterocycles. The van der Waals surface area contributed by atoms with Gasteiger partial charge in [0.15, 0.2) is 0 Å². The molecule has 0 aliphatic rings. The molecule has 0 aromatic rings. The molecule has 0 radical (unpaired) electrons. The van der Waals surface area contributed by atoms with Gasteiger partial charge >= 0.3 is 0 Å². The SMILES string of the molecule is C/C=C(\N)CCOI. The second kappa shape index (κ2) is 5.37. The Morgan fingerprint density at radius 2 is 2.50 bits per heavy atom. The van der Waals surface area contributed by atoms with Crippen LogP contribution in [0, 0.1) is 0 Å². The van der Waals surface area contributed by atoms with E-state index in [9.17, 15) is 0 Å². The summed E-state index contributed by atoms with van der Waals surface area (Å²) in [6.07, 6.45) is 2.72. The molecule has 0 aliphatic heterocycles. The van der Waals surface area contributed by atoms with Crippen LogP contribution in [0.5, 0.6) is 0 Å². The first-order chi connectivity index (χ1) is 3.81. The topological polar surface area (TPSA) is 35.2 Å². The third kappa shape index (κ3) is 4.39. The molecular formula is C5H10INO. The molecule has 0 unspecified atom stereocenters. The Labute approximate surface area is 63.8 Å². The van der Waals surface area contributed by atoms with Crippen LogP contribution in [0.4, 0.5) is 0 Å². The van der Waals surface area contributed by atoms with Gasteiger partial charge in [0.05, 0.1) is 6.61 Å². The highest BCUT2D eigenvalue weighted by Crippen LogP contribution is 1.94. The zero-order chi connectivity index (χ0) is 6.41. The molecule has 0 atom stereocenters. The molecule has 0 amide bonds. The molecule has 48 valence electrons. The summed E-state index contributed by atoms with van der Waals surface area (Å²) in [7, 11) is 0. The normalized spacial score (nSPS) is 12.0. The van der Waals surface area contributed by atoms with Crippen LogP contribution in [-0.4, -0.2) is 6.61 Å². The molecule has 3 heteroatoms. The highest BCUT2D eigenvalue weighted by Gasteiger charge is 1.85. The van der Waals surface area contributed by atoms with Gasteiger partial charge < -0.3 is 8.80 Å². The fourth-order valence-corrected chi connectivity index (χ4v) is 0.521. The second-order valence-electron chi connectivity index (χ2n) is 1.43. The summed E-state index contributed by atoms with van der Waals surface area (Å²) in [4.78, 5) is 0. The van der Waals surface area contributed by atoms with Crippen molar-refractivity contribution in [2.75, 3.05) is 6.61 Å². The first-order valence-electron chi connectivity index (χ1n) is 2.45. The van der Waals surface area contributed by atoms with Gasteiger partial charge in [-0.25, -0.2) is 0 Å². The van der Waals surface area contributed by atoms with Crippen LogP contribution in [0.15, 0.2) is 11.8 Å². The predicted molar refractivity (Wildman–Crippen MR) is 42.5 cm³/mol. The Bertz CT molecular complexity index is 82.5. The van der Waals surface area contributed by atoms with Gasteiger partial charge in [0.25, 0.3) is 0 Å². The van der Waals surface area contributed by atoms with Crippen molar-refractivity contribution in [2.45, 2.75) is 13.3 Å². The fraction of sp³-hybridized carbons (Fsp3) is 0.600. The van der Waals surface area contributed by atoms with Gasteiger partial charge in [-0.2, -0.15) is 0 Å². The van der Waals surface area contributed by atoms with Crippen molar-refractivity contribution in [1.29, 1.82) is 0 Å². The summed E-state index contributed by atoms with van der Waals surface area (Å²) in [5, 5.41) is 0. The Hall–Kier alpha value is 0.230. The van der Waals surface area contributed by atoms with Crippen LogP contribution in [0.1, 0.15) is 13.3 Å². The smallest absolute Gasteiger partial charge is 0.109 e. The van der Waals surface area contributed by atoms with Gasteiger partial charge in [-0.1, -0.05) is 6.08 Å². The monoisotopic (exact) mass is 227 g/mol. The summed E-state index contributed by atoms with van der Waals surface area (Å²) in [6, 6.07) is 0. The Morgan fingerprint density at radius 1 is 1.88 bits per heavy atom. The molecular weight excluding hydrogens is 217 g/mol. The van der Waals surface area contributed by atoms with Crippen molar-refractivity contribution in [3.63, 3.8) is 0 Å². The van der Waals surface area contributed by atoms with Crippen molar-refractivity contribution in [2.24, 2.45) is 5.73 Å². The standard InChI is InChI=1S/C5H10INO/c1-2-5(7)3-4-8-6/h2H,3-4,7H2,1H3/b5-2-. The van der Waals surface area contributed by atoms with Crippen LogP contribution in [0.25, 0.3) is 0 Å². The van der Waals surface area contributed by atoms with Gasteiger partial charge in [0.1, 0.15) is 23.0 Å². The van der Waals surface area contributed by atoms with E-state index < -0.39 is 0 Å². The Morgan fingerprint density at radius 3 is 2.88 bits per heavy atom. The molecule has 0 saturated carbocycles. The van der Waals surface area contributed by atoms with Crippen molar-refractivity contribution in [3.05, 3.63) is 11.8 Å². The Kier molecular flexibility index (Phi) is 5.52. The van der Waals surface area contributed by atoms with Crippen LogP contribution in [0.3, 0.4) is 0 Å². The number of hydrogen-bond donors (Lipinski definition) is 1. The fourth-order valence-electron chi connectivity index (χ4n) is 0.301. The maximum absolute atomic E-state index is 5.44. The van der Waals surface area contributed by atoms with E-state index >= 15 is 0 Å². The van der Waals surface area contributed by atoms with E-state index in [-0.39, 0.29) is 0 Å². The molecule has 0 fully saturated rings. The summed E-state index contributed by atoms with van der Waals surface area (Å²) >= 11 is 1.85. The highest BCUT2D eigenvalue weighted by atomic mass is 127. The molecule has 0 spiro atoms. The molecule has 0 aromatic carbocycles. The van der Waals surface area contributed by atoms with Gasteiger partial charge in [-0.15, -0.1) is 0 Å². The van der Waals surface area contributed by atoms with Crippen molar-refractivity contribution in [1.82, 2.24) is 0 Å². The number of nitrogens with two attached hydrogens (primary N) is 1. The molecule has 8 heavy (non-hydrogen) atoms.